The number of ether oxygens (including phenoxy) is 3. The first-order chi connectivity index (χ1) is 11.7. The molecule has 6 nitrogen and oxygen atoms in total. The van der Waals surface area contributed by atoms with Gasteiger partial charge in [-0.3, -0.25) is 4.79 Å². The number of rotatable bonds is 4. The molecule has 1 atom stereocenters. The van der Waals surface area contributed by atoms with Crippen molar-refractivity contribution >= 4 is 11.7 Å². The number of nitrogens with zero attached hydrogens (tertiary/aromatic N) is 1. The molecule has 0 radical (unpaired) electrons. The molecule has 0 amide bonds. The highest BCUT2D eigenvalue weighted by Gasteiger charge is 2.47. The SMILES string of the molecule is COc1ccc(C2=NOC3(COC(=O)C3)C2)cc1OC1CCCC1. The number of esters is 1. The van der Waals surface area contributed by atoms with Gasteiger partial charge in [0.2, 0.25) is 0 Å². The third-order valence-corrected chi connectivity index (χ3v) is 4.89. The minimum atomic E-state index is -0.626. The summed E-state index contributed by atoms with van der Waals surface area (Å²) in [7, 11) is 1.64. The zero-order chi connectivity index (χ0) is 16.6. The maximum Gasteiger partial charge on any atom is 0.310 e. The van der Waals surface area contributed by atoms with E-state index in [-0.39, 0.29) is 25.1 Å². The van der Waals surface area contributed by atoms with E-state index in [9.17, 15) is 4.79 Å². The fourth-order valence-electron chi connectivity index (χ4n) is 3.56. The standard InChI is InChI=1S/C18H21NO5/c1-21-15-7-6-12(8-16(15)23-13-4-2-3-5-13)14-9-18(24-19-14)10-17(20)22-11-18/h6-8,13H,2-5,9-11H2,1H3. The van der Waals surface area contributed by atoms with E-state index in [1.807, 2.05) is 18.2 Å². The Morgan fingerprint density at radius 3 is 2.75 bits per heavy atom. The molecule has 2 heterocycles. The van der Waals surface area contributed by atoms with Crippen LogP contribution in [0.15, 0.2) is 23.4 Å². The van der Waals surface area contributed by atoms with Crippen molar-refractivity contribution in [2.75, 3.05) is 13.7 Å². The molecule has 2 fully saturated rings. The summed E-state index contributed by atoms with van der Waals surface area (Å²) >= 11 is 0. The van der Waals surface area contributed by atoms with E-state index in [0.717, 1.165) is 35.6 Å². The summed E-state index contributed by atoms with van der Waals surface area (Å²) in [5.41, 5.74) is 1.12. The molecule has 1 saturated carbocycles. The molecule has 4 rings (SSSR count). The number of benzene rings is 1. The van der Waals surface area contributed by atoms with Gasteiger partial charge in [-0.25, -0.2) is 0 Å². The number of hydrogen-bond donors (Lipinski definition) is 0. The van der Waals surface area contributed by atoms with Crippen LogP contribution in [0.1, 0.15) is 44.1 Å². The van der Waals surface area contributed by atoms with E-state index in [0.29, 0.717) is 6.42 Å². The van der Waals surface area contributed by atoms with Crippen LogP contribution in [0, 0.1) is 0 Å². The Morgan fingerprint density at radius 1 is 1.21 bits per heavy atom. The molecular formula is C18H21NO5. The summed E-state index contributed by atoms with van der Waals surface area (Å²) in [6.45, 7) is 0.264. The van der Waals surface area contributed by atoms with Crippen LogP contribution in [-0.4, -0.2) is 37.1 Å². The average Bonchev–Trinajstić information content (AvgIpc) is 3.31. The molecule has 6 heteroatoms. The minimum Gasteiger partial charge on any atom is -0.493 e. The monoisotopic (exact) mass is 331 g/mol. The lowest BCUT2D eigenvalue weighted by molar-refractivity contribution is -0.137. The average molecular weight is 331 g/mol. The Balaban J connectivity index is 1.54. The lowest BCUT2D eigenvalue weighted by Crippen LogP contribution is -2.29. The van der Waals surface area contributed by atoms with E-state index in [1.165, 1.54) is 12.8 Å². The van der Waals surface area contributed by atoms with Crippen molar-refractivity contribution in [2.24, 2.45) is 5.16 Å². The van der Waals surface area contributed by atoms with Gasteiger partial charge < -0.3 is 19.0 Å². The van der Waals surface area contributed by atoms with Crippen molar-refractivity contribution in [3.8, 4) is 11.5 Å². The Hall–Kier alpha value is -2.24. The summed E-state index contributed by atoms with van der Waals surface area (Å²) in [5, 5.41) is 4.19. The van der Waals surface area contributed by atoms with Gasteiger partial charge in [0.15, 0.2) is 17.1 Å². The van der Waals surface area contributed by atoms with Gasteiger partial charge in [0, 0.05) is 12.0 Å². The third kappa shape index (κ3) is 2.81. The molecule has 1 aliphatic carbocycles. The van der Waals surface area contributed by atoms with Crippen LogP contribution >= 0.6 is 0 Å². The van der Waals surface area contributed by atoms with Crippen LogP contribution in [0.2, 0.25) is 0 Å². The van der Waals surface area contributed by atoms with Crippen molar-refractivity contribution in [1.29, 1.82) is 0 Å². The second-order valence-corrected chi connectivity index (χ2v) is 6.72. The van der Waals surface area contributed by atoms with Crippen LogP contribution in [0.5, 0.6) is 11.5 Å². The van der Waals surface area contributed by atoms with E-state index < -0.39 is 5.60 Å². The zero-order valence-corrected chi connectivity index (χ0v) is 13.7. The lowest BCUT2D eigenvalue weighted by Gasteiger charge is -2.17. The number of oxime groups is 1. The molecular weight excluding hydrogens is 310 g/mol. The number of cyclic esters (lactones) is 1. The first-order valence-corrected chi connectivity index (χ1v) is 8.43. The highest BCUT2D eigenvalue weighted by molar-refractivity contribution is 6.02. The van der Waals surface area contributed by atoms with Crippen molar-refractivity contribution < 1.29 is 23.8 Å². The van der Waals surface area contributed by atoms with E-state index in [4.69, 9.17) is 19.0 Å². The maximum atomic E-state index is 11.4. The second kappa shape index (κ2) is 6.00. The summed E-state index contributed by atoms with van der Waals surface area (Å²) in [5.74, 6) is 1.23. The quantitative estimate of drug-likeness (QED) is 0.794. The first kappa shape index (κ1) is 15.3. The maximum absolute atomic E-state index is 11.4. The molecule has 1 aromatic carbocycles. The highest BCUT2D eigenvalue weighted by Crippen LogP contribution is 2.37. The molecule has 3 aliphatic rings. The Labute approximate surface area is 140 Å². The molecule has 0 bridgehead atoms. The summed E-state index contributed by atoms with van der Waals surface area (Å²) in [6, 6.07) is 5.79. The van der Waals surface area contributed by atoms with Crippen LogP contribution in [0.4, 0.5) is 0 Å². The number of hydrogen-bond acceptors (Lipinski definition) is 6. The van der Waals surface area contributed by atoms with Gasteiger partial charge >= 0.3 is 5.97 Å². The number of methoxy groups -OCH3 is 1. The number of carbonyl (C=O) groups excluding carboxylic acids is 1. The summed E-state index contributed by atoms with van der Waals surface area (Å²) < 4.78 is 16.6. The van der Waals surface area contributed by atoms with E-state index in [1.54, 1.807) is 7.11 Å². The fourth-order valence-corrected chi connectivity index (χ4v) is 3.56. The van der Waals surface area contributed by atoms with Crippen molar-refractivity contribution in [1.82, 2.24) is 0 Å². The molecule has 128 valence electrons. The molecule has 0 N–H and O–H groups in total. The van der Waals surface area contributed by atoms with E-state index in [2.05, 4.69) is 5.16 Å². The highest BCUT2D eigenvalue weighted by atomic mass is 16.7. The van der Waals surface area contributed by atoms with Gasteiger partial charge in [0.25, 0.3) is 0 Å². The van der Waals surface area contributed by atoms with Gasteiger partial charge in [-0.1, -0.05) is 5.16 Å². The van der Waals surface area contributed by atoms with Crippen LogP contribution < -0.4 is 9.47 Å². The lowest BCUT2D eigenvalue weighted by atomic mass is 9.93. The number of carbonyl (C=O) groups is 1. The smallest absolute Gasteiger partial charge is 0.310 e. The van der Waals surface area contributed by atoms with Crippen molar-refractivity contribution in [3.63, 3.8) is 0 Å². The zero-order valence-electron chi connectivity index (χ0n) is 13.7. The van der Waals surface area contributed by atoms with Crippen molar-refractivity contribution in [3.05, 3.63) is 23.8 Å². The first-order valence-electron chi connectivity index (χ1n) is 8.43. The minimum absolute atomic E-state index is 0.230. The fraction of sp³-hybridized carbons (Fsp3) is 0.556. The van der Waals surface area contributed by atoms with Crippen molar-refractivity contribution in [2.45, 2.75) is 50.2 Å². The van der Waals surface area contributed by atoms with E-state index >= 15 is 0 Å². The molecule has 1 aromatic rings. The molecule has 1 unspecified atom stereocenters. The predicted molar refractivity (Wildman–Crippen MR) is 86.4 cm³/mol. The predicted octanol–water partition coefficient (Wildman–Crippen LogP) is 2.83. The Kier molecular flexibility index (Phi) is 3.82. The molecule has 0 aromatic heterocycles. The van der Waals surface area contributed by atoms with Crippen LogP contribution in [-0.2, 0) is 14.4 Å². The van der Waals surface area contributed by atoms with Gasteiger partial charge in [-0.15, -0.1) is 0 Å². The summed E-state index contributed by atoms with van der Waals surface area (Å²) in [4.78, 5) is 16.9. The Morgan fingerprint density at radius 2 is 2.04 bits per heavy atom. The normalized spacial score (nSPS) is 26.4. The third-order valence-electron chi connectivity index (χ3n) is 4.89. The largest absolute Gasteiger partial charge is 0.493 e. The molecule has 1 spiro atoms. The van der Waals surface area contributed by atoms with Gasteiger partial charge in [-0.2, -0.15) is 0 Å². The second-order valence-electron chi connectivity index (χ2n) is 6.72. The van der Waals surface area contributed by atoms with Gasteiger partial charge in [0.05, 0.1) is 25.3 Å². The molecule has 1 saturated heterocycles. The van der Waals surface area contributed by atoms with Crippen LogP contribution in [0.25, 0.3) is 0 Å². The summed E-state index contributed by atoms with van der Waals surface area (Å²) in [6.07, 6.45) is 5.66. The van der Waals surface area contributed by atoms with Gasteiger partial charge in [0.1, 0.15) is 6.61 Å². The van der Waals surface area contributed by atoms with Crippen LogP contribution in [0.3, 0.4) is 0 Å². The topological polar surface area (TPSA) is 66.3 Å². The Bertz CT molecular complexity index is 680. The molecule has 2 aliphatic heterocycles. The van der Waals surface area contributed by atoms with Gasteiger partial charge in [-0.05, 0) is 43.9 Å². The molecule has 24 heavy (non-hydrogen) atoms.